The second kappa shape index (κ2) is 11.1. The van der Waals surface area contributed by atoms with E-state index in [1.54, 1.807) is 23.1 Å². The number of hydrogen-bond donors (Lipinski definition) is 2. The molecule has 0 aliphatic carbocycles. The van der Waals surface area contributed by atoms with Gasteiger partial charge in [0.05, 0.1) is 6.10 Å². The highest BCUT2D eigenvalue weighted by Crippen LogP contribution is 2.56. The first-order valence-corrected chi connectivity index (χ1v) is 13.3. The van der Waals surface area contributed by atoms with E-state index < -0.39 is 35.2 Å². The van der Waals surface area contributed by atoms with Gasteiger partial charge in [-0.05, 0) is 29.7 Å². The second-order valence-corrected chi connectivity index (χ2v) is 11.4. The van der Waals surface area contributed by atoms with Gasteiger partial charge in [0.15, 0.2) is 0 Å². The Morgan fingerprint density at radius 3 is 1.95 bits per heavy atom. The minimum Gasteiger partial charge on any atom is -0.465 e. The number of nitrogens with zero attached hydrogens (tertiary/aromatic N) is 2. The molecule has 38 heavy (non-hydrogen) atoms. The summed E-state index contributed by atoms with van der Waals surface area (Å²) in [5.74, 6) is -0.708. The first-order valence-electron chi connectivity index (χ1n) is 12.5. The van der Waals surface area contributed by atoms with Gasteiger partial charge < -0.3 is 10.2 Å². The molecule has 0 spiro atoms. The predicted octanol–water partition coefficient (Wildman–Crippen LogP) is 6.23. The molecule has 0 bridgehead atoms. The van der Waals surface area contributed by atoms with E-state index in [0.717, 1.165) is 16.0 Å². The van der Waals surface area contributed by atoms with Gasteiger partial charge in [-0.25, -0.2) is 9.69 Å². The lowest BCUT2D eigenvalue weighted by Gasteiger charge is -2.52. The molecule has 1 heterocycles. The van der Waals surface area contributed by atoms with E-state index in [-0.39, 0.29) is 23.0 Å². The van der Waals surface area contributed by atoms with Crippen LogP contribution in [0.5, 0.6) is 0 Å². The van der Waals surface area contributed by atoms with Crippen LogP contribution in [-0.4, -0.2) is 50.7 Å². The zero-order valence-electron chi connectivity index (χ0n) is 21.6. The summed E-state index contributed by atoms with van der Waals surface area (Å²) in [4.78, 5) is 29.7. The van der Waals surface area contributed by atoms with Crippen LogP contribution in [0, 0.1) is 5.41 Å². The number of hydrogen-bond acceptors (Lipinski definition) is 4. The Morgan fingerprint density at radius 1 is 0.921 bits per heavy atom. The highest BCUT2D eigenvalue weighted by Gasteiger charge is 2.67. The third kappa shape index (κ3) is 4.94. The SMILES string of the molecule is CC(C)(C)[C@]1(c2c(Cl)cccc2Cl)N(C(=O)O)C(=O)C([C@H](O)Cc2ccccc2)N1CCc1ccccc1. The van der Waals surface area contributed by atoms with Gasteiger partial charge in [0, 0.05) is 34.0 Å². The Hall–Kier alpha value is -2.90. The number of carbonyl (C=O) groups excluding carboxylic acids is 1. The molecule has 0 aromatic heterocycles. The smallest absolute Gasteiger partial charge is 0.415 e. The van der Waals surface area contributed by atoms with Crippen molar-refractivity contribution in [1.29, 1.82) is 0 Å². The zero-order chi connectivity index (χ0) is 27.7. The second-order valence-electron chi connectivity index (χ2n) is 10.6. The lowest BCUT2D eigenvalue weighted by Crippen LogP contribution is -2.62. The maximum absolute atomic E-state index is 14.1. The molecule has 6 nitrogen and oxygen atoms in total. The Balaban J connectivity index is 1.95. The summed E-state index contributed by atoms with van der Waals surface area (Å²) in [7, 11) is 0. The fourth-order valence-electron chi connectivity index (χ4n) is 5.75. The molecule has 4 rings (SSSR count). The summed E-state index contributed by atoms with van der Waals surface area (Å²) in [6.45, 7) is 5.85. The van der Waals surface area contributed by atoms with Crippen LogP contribution in [0.15, 0.2) is 78.9 Å². The van der Waals surface area contributed by atoms with E-state index in [4.69, 9.17) is 23.2 Å². The molecule has 3 aromatic rings. The van der Waals surface area contributed by atoms with E-state index in [0.29, 0.717) is 12.0 Å². The molecule has 2 amide bonds. The molecule has 1 aliphatic heterocycles. The highest BCUT2D eigenvalue weighted by atomic mass is 35.5. The van der Waals surface area contributed by atoms with Gasteiger partial charge in [-0.15, -0.1) is 0 Å². The minimum absolute atomic E-state index is 0.170. The Morgan fingerprint density at radius 2 is 1.45 bits per heavy atom. The number of carboxylic acid groups (broad SMARTS) is 1. The van der Waals surface area contributed by atoms with Crippen molar-refractivity contribution in [3.05, 3.63) is 106 Å². The summed E-state index contributed by atoms with van der Waals surface area (Å²) in [6, 6.07) is 22.9. The fourth-order valence-corrected chi connectivity index (χ4v) is 6.41. The topological polar surface area (TPSA) is 81.1 Å². The van der Waals surface area contributed by atoms with Crippen molar-refractivity contribution >= 4 is 35.2 Å². The van der Waals surface area contributed by atoms with E-state index in [2.05, 4.69) is 0 Å². The summed E-state index contributed by atoms with van der Waals surface area (Å²) in [5.41, 5.74) is -0.315. The van der Waals surface area contributed by atoms with Crippen molar-refractivity contribution < 1.29 is 19.8 Å². The number of amides is 2. The van der Waals surface area contributed by atoms with E-state index >= 15 is 0 Å². The first kappa shape index (κ1) is 28.1. The molecule has 3 atom stereocenters. The van der Waals surface area contributed by atoms with Gasteiger partial charge in [-0.2, -0.15) is 0 Å². The van der Waals surface area contributed by atoms with Crippen molar-refractivity contribution in [3.63, 3.8) is 0 Å². The number of aliphatic hydroxyl groups excluding tert-OH is 1. The zero-order valence-corrected chi connectivity index (χ0v) is 23.2. The van der Waals surface area contributed by atoms with Crippen LogP contribution in [0.4, 0.5) is 4.79 Å². The number of imide groups is 1. The third-order valence-electron chi connectivity index (χ3n) is 7.23. The predicted molar refractivity (Wildman–Crippen MR) is 149 cm³/mol. The quantitative estimate of drug-likeness (QED) is 0.361. The summed E-state index contributed by atoms with van der Waals surface area (Å²) >= 11 is 13.5. The number of halogens is 2. The van der Waals surface area contributed by atoms with Crippen LogP contribution in [0.2, 0.25) is 10.0 Å². The first-order chi connectivity index (χ1) is 18.0. The van der Waals surface area contributed by atoms with Crippen LogP contribution in [-0.2, 0) is 23.3 Å². The molecule has 200 valence electrons. The third-order valence-corrected chi connectivity index (χ3v) is 7.86. The maximum Gasteiger partial charge on any atom is 0.415 e. The Labute approximate surface area is 233 Å². The number of carbonyl (C=O) groups is 2. The average molecular weight is 556 g/mol. The summed E-state index contributed by atoms with van der Waals surface area (Å²) < 4.78 is 0. The highest BCUT2D eigenvalue weighted by molar-refractivity contribution is 6.36. The minimum atomic E-state index is -1.59. The molecule has 0 saturated carbocycles. The van der Waals surface area contributed by atoms with Crippen LogP contribution in [0.3, 0.4) is 0 Å². The molecule has 1 saturated heterocycles. The van der Waals surface area contributed by atoms with Crippen LogP contribution >= 0.6 is 23.2 Å². The van der Waals surface area contributed by atoms with Gasteiger partial charge in [-0.3, -0.25) is 9.69 Å². The van der Waals surface area contributed by atoms with E-state index in [9.17, 15) is 19.8 Å². The van der Waals surface area contributed by atoms with Crippen molar-refractivity contribution in [2.45, 2.75) is 51.4 Å². The molecule has 1 fully saturated rings. The molecule has 0 radical (unpaired) electrons. The van der Waals surface area contributed by atoms with Crippen molar-refractivity contribution in [1.82, 2.24) is 9.80 Å². The fraction of sp³-hybridized carbons (Fsp3) is 0.333. The summed E-state index contributed by atoms with van der Waals surface area (Å²) in [5, 5.41) is 22.6. The average Bonchev–Trinajstić information content (AvgIpc) is 3.13. The van der Waals surface area contributed by atoms with Gasteiger partial charge in [0.2, 0.25) is 0 Å². The standard InChI is InChI=1S/C30H32Cl2N2O4/c1-29(2,3)30(25-22(31)15-10-16-23(25)32)33(18-17-20-11-6-4-7-12-20)26(27(36)34(30)28(37)38)24(35)19-21-13-8-5-9-14-21/h4-16,24,26,35H,17-19H2,1-3H3,(H,37,38)/t24-,26?,30+/m1/s1. The Kier molecular flexibility index (Phi) is 8.19. The van der Waals surface area contributed by atoms with E-state index in [1.807, 2.05) is 81.4 Å². The molecule has 1 aliphatic rings. The van der Waals surface area contributed by atoms with Gasteiger partial charge in [-0.1, -0.05) is 111 Å². The van der Waals surface area contributed by atoms with Gasteiger partial charge in [0.1, 0.15) is 11.7 Å². The number of aliphatic hydroxyl groups is 1. The molecule has 8 heteroatoms. The molecular formula is C30H32Cl2N2O4. The largest absolute Gasteiger partial charge is 0.465 e. The lowest BCUT2D eigenvalue weighted by molar-refractivity contribution is -0.134. The van der Waals surface area contributed by atoms with Gasteiger partial charge >= 0.3 is 6.09 Å². The van der Waals surface area contributed by atoms with Crippen molar-refractivity contribution in [2.24, 2.45) is 5.41 Å². The van der Waals surface area contributed by atoms with Crippen LogP contribution < -0.4 is 0 Å². The monoisotopic (exact) mass is 554 g/mol. The summed E-state index contributed by atoms with van der Waals surface area (Å²) in [6.07, 6.45) is -1.94. The maximum atomic E-state index is 14.1. The molecule has 3 aromatic carbocycles. The molecule has 2 N–H and O–H groups in total. The number of benzene rings is 3. The van der Waals surface area contributed by atoms with Crippen LogP contribution in [0.1, 0.15) is 37.5 Å². The van der Waals surface area contributed by atoms with Crippen molar-refractivity contribution in [3.8, 4) is 0 Å². The van der Waals surface area contributed by atoms with Crippen molar-refractivity contribution in [2.75, 3.05) is 6.54 Å². The van der Waals surface area contributed by atoms with Crippen LogP contribution in [0.25, 0.3) is 0 Å². The normalized spacial score (nSPS) is 21.1. The molecule has 1 unspecified atom stereocenters. The number of rotatable bonds is 7. The van der Waals surface area contributed by atoms with Gasteiger partial charge in [0.25, 0.3) is 5.91 Å². The van der Waals surface area contributed by atoms with E-state index in [1.165, 1.54) is 0 Å². The lowest BCUT2D eigenvalue weighted by atomic mass is 9.73. The Bertz CT molecular complexity index is 1280. The molecular weight excluding hydrogens is 523 g/mol.